The highest BCUT2D eigenvalue weighted by atomic mass is 16.2. The lowest BCUT2D eigenvalue weighted by Crippen LogP contribution is -2.46. The molecule has 0 unspecified atom stereocenters. The molecule has 1 fully saturated rings. The van der Waals surface area contributed by atoms with Gasteiger partial charge in [-0.1, -0.05) is 6.58 Å². The first-order valence-corrected chi connectivity index (χ1v) is 6.31. The fraction of sp³-hybridized carbons (Fsp3) is 0.462. The van der Waals surface area contributed by atoms with Gasteiger partial charge in [-0.2, -0.15) is 5.10 Å². The lowest BCUT2D eigenvalue weighted by molar-refractivity contribution is -0.127. The Morgan fingerprint density at radius 3 is 2.68 bits per heavy atom. The molecule has 102 valence electrons. The fourth-order valence-corrected chi connectivity index (χ4v) is 2.18. The smallest absolute Gasteiger partial charge is 0.254 e. The van der Waals surface area contributed by atoms with Crippen molar-refractivity contribution in [3.05, 3.63) is 30.6 Å². The molecule has 1 N–H and O–H groups in total. The molecule has 0 aliphatic carbocycles. The van der Waals surface area contributed by atoms with Crippen LogP contribution >= 0.6 is 0 Å². The van der Waals surface area contributed by atoms with Gasteiger partial charge in [0.25, 0.3) is 5.91 Å². The lowest BCUT2D eigenvalue weighted by Gasteiger charge is -2.31. The average molecular weight is 262 g/mol. The van der Waals surface area contributed by atoms with Gasteiger partial charge >= 0.3 is 0 Å². The Balaban J connectivity index is 1.84. The second-order valence-electron chi connectivity index (χ2n) is 4.68. The minimum absolute atomic E-state index is 0.0444. The summed E-state index contributed by atoms with van der Waals surface area (Å²) in [5.41, 5.74) is 0.562. The summed E-state index contributed by atoms with van der Waals surface area (Å²) in [5, 5.41) is 6.94. The van der Waals surface area contributed by atoms with Gasteiger partial charge in [-0.05, 0) is 18.9 Å². The van der Waals surface area contributed by atoms with Crippen molar-refractivity contribution >= 4 is 11.8 Å². The predicted octanol–water partition coefficient (Wildman–Crippen LogP) is 0.327. The number of aryl methyl sites for hydroxylation is 1. The number of carbonyl (C=O) groups is 2. The summed E-state index contributed by atoms with van der Waals surface area (Å²) in [6.07, 6.45) is 6.10. The van der Waals surface area contributed by atoms with Crippen molar-refractivity contribution < 1.29 is 9.59 Å². The number of nitrogens with zero attached hydrogens (tertiary/aromatic N) is 3. The van der Waals surface area contributed by atoms with Crippen LogP contribution in [0.5, 0.6) is 0 Å². The van der Waals surface area contributed by atoms with E-state index in [1.807, 2.05) is 0 Å². The summed E-state index contributed by atoms with van der Waals surface area (Å²) in [7, 11) is 1.77. The Morgan fingerprint density at radius 2 is 2.16 bits per heavy atom. The monoisotopic (exact) mass is 262 g/mol. The Hall–Kier alpha value is -2.11. The molecule has 2 heterocycles. The maximum Gasteiger partial charge on any atom is 0.254 e. The van der Waals surface area contributed by atoms with Crippen LogP contribution in [0.25, 0.3) is 0 Å². The predicted molar refractivity (Wildman–Crippen MR) is 70.5 cm³/mol. The zero-order valence-electron chi connectivity index (χ0n) is 11.0. The molecule has 2 amide bonds. The number of rotatable bonds is 3. The summed E-state index contributed by atoms with van der Waals surface area (Å²) >= 11 is 0. The van der Waals surface area contributed by atoms with E-state index in [4.69, 9.17) is 0 Å². The minimum atomic E-state index is -0.110. The molecule has 19 heavy (non-hydrogen) atoms. The number of nitrogens with one attached hydrogen (secondary N) is 1. The molecule has 1 aromatic rings. The standard InChI is InChI=1S/C13H18N4O2/c1-3-12(18)17-6-4-11(5-7-17)15-13(19)10-8-14-16(2)9-10/h3,8-9,11H,1,4-7H2,2H3,(H,15,19). The normalized spacial score (nSPS) is 16.2. The Morgan fingerprint density at radius 1 is 1.47 bits per heavy atom. The van der Waals surface area contributed by atoms with E-state index in [1.54, 1.807) is 29.0 Å². The van der Waals surface area contributed by atoms with E-state index in [0.717, 1.165) is 12.8 Å². The molecule has 0 aromatic carbocycles. The zero-order valence-corrected chi connectivity index (χ0v) is 11.0. The third-order valence-corrected chi connectivity index (χ3v) is 3.28. The highest BCUT2D eigenvalue weighted by molar-refractivity contribution is 5.93. The van der Waals surface area contributed by atoms with Crippen LogP contribution in [0.2, 0.25) is 0 Å². The van der Waals surface area contributed by atoms with Crippen LogP contribution in [-0.2, 0) is 11.8 Å². The van der Waals surface area contributed by atoms with Gasteiger partial charge in [0.2, 0.25) is 5.91 Å². The Labute approximate surface area is 112 Å². The third kappa shape index (κ3) is 3.21. The second-order valence-corrected chi connectivity index (χ2v) is 4.68. The third-order valence-electron chi connectivity index (χ3n) is 3.28. The second kappa shape index (κ2) is 5.69. The number of amides is 2. The van der Waals surface area contributed by atoms with Crippen molar-refractivity contribution in [3.8, 4) is 0 Å². The van der Waals surface area contributed by atoms with E-state index in [1.165, 1.54) is 6.08 Å². The van der Waals surface area contributed by atoms with Gasteiger partial charge in [0.1, 0.15) is 0 Å². The van der Waals surface area contributed by atoms with E-state index in [9.17, 15) is 9.59 Å². The summed E-state index contributed by atoms with van der Waals surface area (Å²) in [6.45, 7) is 4.79. The van der Waals surface area contributed by atoms with Crippen LogP contribution in [0.1, 0.15) is 23.2 Å². The number of hydrogen-bond donors (Lipinski definition) is 1. The van der Waals surface area contributed by atoms with Crippen LogP contribution in [0.4, 0.5) is 0 Å². The first kappa shape index (κ1) is 13.3. The molecule has 0 spiro atoms. The fourth-order valence-electron chi connectivity index (χ4n) is 2.18. The minimum Gasteiger partial charge on any atom is -0.349 e. The number of piperidine rings is 1. The highest BCUT2D eigenvalue weighted by Crippen LogP contribution is 2.11. The van der Waals surface area contributed by atoms with Gasteiger partial charge in [0, 0.05) is 32.4 Å². The molecule has 2 rings (SSSR count). The van der Waals surface area contributed by atoms with Crippen molar-refractivity contribution in [1.29, 1.82) is 0 Å². The van der Waals surface area contributed by atoms with E-state index in [-0.39, 0.29) is 17.9 Å². The van der Waals surface area contributed by atoms with Gasteiger partial charge in [-0.25, -0.2) is 0 Å². The van der Waals surface area contributed by atoms with Crippen LogP contribution in [0.3, 0.4) is 0 Å². The summed E-state index contributed by atoms with van der Waals surface area (Å²) in [4.78, 5) is 25.1. The van der Waals surface area contributed by atoms with E-state index in [0.29, 0.717) is 18.7 Å². The molecule has 6 nitrogen and oxygen atoms in total. The van der Waals surface area contributed by atoms with Crippen molar-refractivity contribution in [1.82, 2.24) is 20.0 Å². The molecule has 1 aromatic heterocycles. The Kier molecular flexibility index (Phi) is 3.99. The summed E-state index contributed by atoms with van der Waals surface area (Å²) < 4.78 is 1.60. The quantitative estimate of drug-likeness (QED) is 0.798. The van der Waals surface area contributed by atoms with Gasteiger partial charge in [0.05, 0.1) is 11.8 Å². The summed E-state index contributed by atoms with van der Waals surface area (Å²) in [5.74, 6) is -0.154. The van der Waals surface area contributed by atoms with Crippen molar-refractivity contribution in [2.24, 2.45) is 7.05 Å². The molecule has 0 bridgehead atoms. The number of likely N-dealkylation sites (tertiary alicyclic amines) is 1. The number of carbonyl (C=O) groups excluding carboxylic acids is 2. The maximum absolute atomic E-state index is 11.9. The maximum atomic E-state index is 11.9. The average Bonchev–Trinajstić information content (AvgIpc) is 2.85. The molecule has 0 atom stereocenters. The molecule has 1 aliphatic rings. The van der Waals surface area contributed by atoms with E-state index >= 15 is 0 Å². The van der Waals surface area contributed by atoms with Crippen LogP contribution in [0.15, 0.2) is 25.0 Å². The zero-order chi connectivity index (χ0) is 13.8. The van der Waals surface area contributed by atoms with Crippen LogP contribution < -0.4 is 5.32 Å². The van der Waals surface area contributed by atoms with Gasteiger partial charge in [-0.3, -0.25) is 14.3 Å². The van der Waals surface area contributed by atoms with Crippen LogP contribution in [-0.4, -0.2) is 45.6 Å². The number of hydrogen-bond acceptors (Lipinski definition) is 3. The first-order valence-electron chi connectivity index (χ1n) is 6.31. The van der Waals surface area contributed by atoms with Crippen LogP contribution in [0, 0.1) is 0 Å². The Bertz CT molecular complexity index is 487. The van der Waals surface area contributed by atoms with Crippen molar-refractivity contribution in [3.63, 3.8) is 0 Å². The van der Waals surface area contributed by atoms with Gasteiger partial charge < -0.3 is 10.2 Å². The SMILES string of the molecule is C=CC(=O)N1CCC(NC(=O)c2cnn(C)c2)CC1. The molecule has 1 saturated heterocycles. The molecular formula is C13H18N4O2. The van der Waals surface area contributed by atoms with Crippen molar-refractivity contribution in [2.75, 3.05) is 13.1 Å². The highest BCUT2D eigenvalue weighted by Gasteiger charge is 2.23. The molecule has 1 aliphatic heterocycles. The van der Waals surface area contributed by atoms with E-state index in [2.05, 4.69) is 17.0 Å². The topological polar surface area (TPSA) is 67.2 Å². The summed E-state index contributed by atoms with van der Waals surface area (Å²) in [6, 6.07) is 0.113. The molecular weight excluding hydrogens is 244 g/mol. The largest absolute Gasteiger partial charge is 0.349 e. The first-order chi connectivity index (χ1) is 9.10. The van der Waals surface area contributed by atoms with E-state index < -0.39 is 0 Å². The molecule has 0 saturated carbocycles. The van der Waals surface area contributed by atoms with Gasteiger partial charge in [-0.15, -0.1) is 0 Å². The van der Waals surface area contributed by atoms with Gasteiger partial charge in [0.15, 0.2) is 0 Å². The number of aromatic nitrogens is 2. The molecule has 6 heteroatoms. The lowest BCUT2D eigenvalue weighted by atomic mass is 10.0. The van der Waals surface area contributed by atoms with Crippen molar-refractivity contribution in [2.45, 2.75) is 18.9 Å². The molecule has 0 radical (unpaired) electrons.